The molecule has 10 rings (SSSR count). The maximum atomic E-state index is 6.62. The van der Waals surface area contributed by atoms with Crippen LogP contribution in [0.4, 0.5) is 0 Å². The number of benzene rings is 6. The van der Waals surface area contributed by atoms with Gasteiger partial charge in [-0.2, -0.15) is 0 Å². The van der Waals surface area contributed by atoms with Crippen molar-refractivity contribution < 1.29 is 8.83 Å². The number of aromatic nitrogens is 2. The molecule has 0 spiro atoms. The molecule has 48 heavy (non-hydrogen) atoms. The number of furan rings is 2. The van der Waals surface area contributed by atoms with Gasteiger partial charge >= 0.3 is 0 Å². The van der Waals surface area contributed by atoms with E-state index in [2.05, 4.69) is 155 Å². The van der Waals surface area contributed by atoms with Crippen LogP contribution >= 0.6 is 0 Å². The summed E-state index contributed by atoms with van der Waals surface area (Å²) in [6, 6.07) is 59.2. The minimum absolute atomic E-state index is 0.686. The summed E-state index contributed by atoms with van der Waals surface area (Å²) in [7, 11) is 0. The summed E-state index contributed by atoms with van der Waals surface area (Å²) in [6.45, 7) is 0. The van der Waals surface area contributed by atoms with Gasteiger partial charge in [0.2, 0.25) is 0 Å². The molecule has 6 aromatic carbocycles. The molecule has 0 fully saturated rings. The lowest BCUT2D eigenvalue weighted by Crippen LogP contribution is -1.94. The number of fused-ring (bicyclic) bond motifs is 6. The molecule has 0 aliphatic carbocycles. The van der Waals surface area contributed by atoms with Gasteiger partial charge in [-0.25, -0.2) is 0 Å². The molecule has 4 aromatic heterocycles. The number of nitrogens with zero attached hydrogens (tertiary/aromatic N) is 2. The van der Waals surface area contributed by atoms with Crippen LogP contribution in [0.1, 0.15) is 0 Å². The van der Waals surface area contributed by atoms with E-state index in [9.17, 15) is 0 Å². The summed E-state index contributed by atoms with van der Waals surface area (Å²) in [5, 5.41) is 4.80. The van der Waals surface area contributed by atoms with Gasteiger partial charge in [0.25, 0.3) is 0 Å². The summed E-state index contributed by atoms with van der Waals surface area (Å²) in [5.41, 5.74) is 8.84. The zero-order valence-electron chi connectivity index (χ0n) is 25.9. The first-order chi connectivity index (χ1) is 23.8. The second-order valence-electron chi connectivity index (χ2n) is 12.1. The summed E-state index contributed by atoms with van der Waals surface area (Å²) in [5.74, 6) is 2.96. The van der Waals surface area contributed by atoms with E-state index < -0.39 is 0 Å². The average Bonchev–Trinajstić information content (AvgIpc) is 3.96. The van der Waals surface area contributed by atoms with Gasteiger partial charge in [0.1, 0.15) is 11.5 Å². The third-order valence-corrected chi connectivity index (χ3v) is 9.40. The van der Waals surface area contributed by atoms with Crippen molar-refractivity contribution >= 4 is 43.6 Å². The lowest BCUT2D eigenvalue weighted by atomic mass is 10.1. The van der Waals surface area contributed by atoms with Crippen LogP contribution in [0.15, 0.2) is 179 Å². The van der Waals surface area contributed by atoms with Crippen LogP contribution in [0, 0.1) is 0 Å². The highest BCUT2D eigenvalue weighted by Gasteiger charge is 2.21. The van der Waals surface area contributed by atoms with Gasteiger partial charge in [-0.05, 0) is 72.8 Å². The van der Waals surface area contributed by atoms with Gasteiger partial charge in [-0.1, -0.05) is 97.1 Å². The highest BCUT2D eigenvalue weighted by atomic mass is 16.4. The molecular weight excluding hydrogens is 588 g/mol. The Morgan fingerprint density at radius 2 is 0.667 bits per heavy atom. The van der Waals surface area contributed by atoms with Gasteiger partial charge in [0.15, 0.2) is 11.5 Å². The molecule has 226 valence electrons. The molecule has 4 heteroatoms. The fraction of sp³-hybridized carbons (Fsp3) is 0. The van der Waals surface area contributed by atoms with E-state index in [1.54, 1.807) is 0 Å². The van der Waals surface area contributed by atoms with E-state index in [1.165, 1.54) is 21.5 Å². The lowest BCUT2D eigenvalue weighted by Gasteiger charge is -2.10. The van der Waals surface area contributed by atoms with Crippen molar-refractivity contribution in [2.45, 2.75) is 0 Å². The van der Waals surface area contributed by atoms with Gasteiger partial charge in [-0.3, -0.25) is 0 Å². The van der Waals surface area contributed by atoms with Crippen LogP contribution in [0.3, 0.4) is 0 Å². The normalized spacial score (nSPS) is 11.8. The number of hydrogen-bond acceptors (Lipinski definition) is 2. The van der Waals surface area contributed by atoms with Gasteiger partial charge < -0.3 is 18.0 Å². The average molecular weight is 617 g/mol. The summed E-state index contributed by atoms with van der Waals surface area (Å²) in [6.07, 6.45) is 0. The maximum absolute atomic E-state index is 6.62. The van der Waals surface area contributed by atoms with Crippen molar-refractivity contribution in [2.24, 2.45) is 0 Å². The molecule has 0 atom stereocenters. The van der Waals surface area contributed by atoms with Crippen LogP contribution < -0.4 is 0 Å². The van der Waals surface area contributed by atoms with E-state index in [0.717, 1.165) is 56.1 Å². The van der Waals surface area contributed by atoms with Gasteiger partial charge in [-0.15, -0.1) is 0 Å². The first-order valence-corrected chi connectivity index (χ1v) is 16.2. The summed E-state index contributed by atoms with van der Waals surface area (Å²) < 4.78 is 17.9. The maximum Gasteiger partial charge on any atom is 0.170 e. The van der Waals surface area contributed by atoms with Crippen molar-refractivity contribution in [2.75, 3.05) is 0 Å². The fourth-order valence-corrected chi connectivity index (χ4v) is 7.36. The standard InChI is InChI=1S/C44H28N2O2/c1-3-13-29(14-4-1)45-37-23-9-7-17-31(37)33-19-11-21-35(43(33)45)39-25-27-41(47-39)42-28-26-40(48-42)36-22-12-20-34-32-18-8-10-24-38(32)46(44(34)36)30-15-5-2-6-16-30/h1-28H. The zero-order valence-corrected chi connectivity index (χ0v) is 25.9. The molecule has 10 aromatic rings. The second-order valence-corrected chi connectivity index (χ2v) is 12.1. The zero-order chi connectivity index (χ0) is 31.6. The Bertz CT molecular complexity index is 2580. The predicted octanol–water partition coefficient (Wildman–Crippen LogP) is 12.1. The SMILES string of the molecule is c1ccc(-n2c3ccccc3c3cccc(-c4ccc(-c5ccc(-c6cccc7c8ccccc8n(-c8ccccc8)c67)o5)o4)c32)cc1. The van der Waals surface area contributed by atoms with E-state index in [1.807, 2.05) is 24.3 Å². The highest BCUT2D eigenvalue weighted by molar-refractivity contribution is 6.14. The van der Waals surface area contributed by atoms with Crippen molar-refractivity contribution in [1.82, 2.24) is 9.13 Å². The Labute approximate surface area is 276 Å². The fourth-order valence-electron chi connectivity index (χ4n) is 7.36. The molecule has 4 heterocycles. The van der Waals surface area contributed by atoms with Crippen molar-refractivity contribution in [1.29, 1.82) is 0 Å². The number of hydrogen-bond donors (Lipinski definition) is 0. The molecular formula is C44H28N2O2. The monoisotopic (exact) mass is 616 g/mol. The molecule has 0 bridgehead atoms. The van der Waals surface area contributed by atoms with Crippen LogP contribution in [-0.4, -0.2) is 9.13 Å². The summed E-state index contributed by atoms with van der Waals surface area (Å²) in [4.78, 5) is 0. The second kappa shape index (κ2) is 10.5. The summed E-state index contributed by atoms with van der Waals surface area (Å²) >= 11 is 0. The Morgan fingerprint density at radius 1 is 0.292 bits per heavy atom. The third-order valence-electron chi connectivity index (χ3n) is 9.40. The van der Waals surface area contributed by atoms with Crippen LogP contribution in [0.25, 0.3) is 89.2 Å². The molecule has 0 radical (unpaired) electrons. The molecule has 0 amide bonds. The highest BCUT2D eigenvalue weighted by Crippen LogP contribution is 2.42. The number of para-hydroxylation sites is 6. The molecule has 4 nitrogen and oxygen atoms in total. The smallest absolute Gasteiger partial charge is 0.170 e. The Balaban J connectivity index is 1.11. The lowest BCUT2D eigenvalue weighted by molar-refractivity contribution is 0.539. The van der Waals surface area contributed by atoms with Crippen molar-refractivity contribution in [3.63, 3.8) is 0 Å². The van der Waals surface area contributed by atoms with Crippen LogP contribution in [0.2, 0.25) is 0 Å². The predicted molar refractivity (Wildman–Crippen MR) is 196 cm³/mol. The van der Waals surface area contributed by atoms with Crippen LogP contribution in [-0.2, 0) is 0 Å². The van der Waals surface area contributed by atoms with E-state index in [4.69, 9.17) is 8.83 Å². The Kier molecular flexibility index (Phi) is 5.84. The van der Waals surface area contributed by atoms with E-state index in [-0.39, 0.29) is 0 Å². The largest absolute Gasteiger partial charge is 0.453 e. The first-order valence-electron chi connectivity index (χ1n) is 16.2. The molecule has 0 N–H and O–H groups in total. The third kappa shape index (κ3) is 3.96. The topological polar surface area (TPSA) is 36.1 Å². The van der Waals surface area contributed by atoms with Crippen LogP contribution in [0.5, 0.6) is 0 Å². The number of rotatable bonds is 5. The minimum Gasteiger partial charge on any atom is -0.453 e. The van der Waals surface area contributed by atoms with E-state index >= 15 is 0 Å². The Hall–Kier alpha value is -6.52. The quantitative estimate of drug-likeness (QED) is 0.193. The first kappa shape index (κ1) is 26.7. The minimum atomic E-state index is 0.686. The molecule has 0 saturated carbocycles. The van der Waals surface area contributed by atoms with Crippen molar-refractivity contribution in [3.8, 4) is 45.5 Å². The molecule has 0 aliphatic heterocycles. The Morgan fingerprint density at radius 3 is 1.12 bits per heavy atom. The van der Waals surface area contributed by atoms with Gasteiger partial charge in [0, 0.05) is 44.0 Å². The molecule has 0 saturated heterocycles. The van der Waals surface area contributed by atoms with Gasteiger partial charge in [0.05, 0.1) is 22.1 Å². The molecule has 0 unspecified atom stereocenters. The van der Waals surface area contributed by atoms with Crippen molar-refractivity contribution in [3.05, 3.63) is 170 Å². The van der Waals surface area contributed by atoms with E-state index in [0.29, 0.717) is 11.5 Å². The molecule has 0 aliphatic rings.